The van der Waals surface area contributed by atoms with Crippen LogP contribution in [0.15, 0.2) is 30.8 Å². The number of hydrogen-bond acceptors (Lipinski definition) is 1. The van der Waals surface area contributed by atoms with Crippen molar-refractivity contribution in [2.45, 2.75) is 84.5 Å². The minimum Gasteiger partial charge on any atom is -0.493 e. The van der Waals surface area contributed by atoms with Crippen LogP contribution in [0.3, 0.4) is 0 Å². The van der Waals surface area contributed by atoms with Gasteiger partial charge in [-0.3, -0.25) is 0 Å². The molecule has 0 heterocycles. The van der Waals surface area contributed by atoms with Crippen LogP contribution in [0.25, 0.3) is 5.57 Å². The van der Waals surface area contributed by atoms with Gasteiger partial charge in [-0.1, -0.05) is 95.9 Å². The van der Waals surface area contributed by atoms with E-state index in [9.17, 15) is 0 Å². The van der Waals surface area contributed by atoms with Crippen molar-refractivity contribution in [2.24, 2.45) is 0 Å². The van der Waals surface area contributed by atoms with E-state index in [4.69, 9.17) is 4.74 Å². The summed E-state index contributed by atoms with van der Waals surface area (Å²) in [7, 11) is 0. The second-order valence-electron chi connectivity index (χ2n) is 6.66. The van der Waals surface area contributed by atoms with Crippen molar-refractivity contribution in [3.8, 4) is 5.75 Å². The molecule has 23 heavy (non-hydrogen) atoms. The first-order valence-electron chi connectivity index (χ1n) is 9.63. The Labute approximate surface area is 144 Å². The van der Waals surface area contributed by atoms with E-state index in [-0.39, 0.29) is 0 Å². The summed E-state index contributed by atoms with van der Waals surface area (Å²) in [4.78, 5) is 0. The smallest absolute Gasteiger partial charge is 0.126 e. The van der Waals surface area contributed by atoms with Gasteiger partial charge < -0.3 is 4.74 Å². The fraction of sp³-hybridized carbons (Fsp3) is 0.636. The largest absolute Gasteiger partial charge is 0.493 e. The van der Waals surface area contributed by atoms with Crippen molar-refractivity contribution >= 4 is 5.57 Å². The Morgan fingerprint density at radius 2 is 1.35 bits per heavy atom. The third-order valence-corrected chi connectivity index (χ3v) is 4.35. The Morgan fingerprint density at radius 3 is 1.91 bits per heavy atom. The van der Waals surface area contributed by atoms with Gasteiger partial charge >= 0.3 is 0 Å². The molecule has 0 radical (unpaired) electrons. The molecule has 0 aliphatic rings. The number of unbranched alkanes of at least 4 members (excludes halogenated alkanes) is 10. The standard InChI is InChI=1S/C22H36O/c1-4-5-6-7-8-9-10-11-12-13-16-19-23-22-18-15-14-17-21(22)20(2)3/h14-15,17-18H,2,4-13,16,19H2,1,3H3. The zero-order valence-corrected chi connectivity index (χ0v) is 15.4. The van der Waals surface area contributed by atoms with Gasteiger partial charge in [0.25, 0.3) is 0 Å². The van der Waals surface area contributed by atoms with Crippen molar-refractivity contribution in [2.75, 3.05) is 6.61 Å². The minimum absolute atomic E-state index is 0.821. The molecule has 0 saturated carbocycles. The van der Waals surface area contributed by atoms with E-state index in [0.29, 0.717) is 0 Å². The highest BCUT2D eigenvalue weighted by Gasteiger charge is 2.02. The number of allylic oxidation sites excluding steroid dienone is 1. The van der Waals surface area contributed by atoms with Gasteiger partial charge in [-0.15, -0.1) is 0 Å². The highest BCUT2D eigenvalue weighted by molar-refractivity contribution is 5.66. The lowest BCUT2D eigenvalue weighted by Gasteiger charge is -2.11. The number of para-hydroxylation sites is 1. The average molecular weight is 317 g/mol. The quantitative estimate of drug-likeness (QED) is 0.325. The van der Waals surface area contributed by atoms with Crippen LogP contribution in [-0.2, 0) is 0 Å². The van der Waals surface area contributed by atoms with Gasteiger partial charge in [0.15, 0.2) is 0 Å². The fourth-order valence-corrected chi connectivity index (χ4v) is 2.89. The normalized spacial score (nSPS) is 10.7. The number of rotatable bonds is 14. The molecule has 0 aliphatic heterocycles. The predicted molar refractivity (Wildman–Crippen MR) is 103 cm³/mol. The van der Waals surface area contributed by atoms with Gasteiger partial charge in [0.1, 0.15) is 5.75 Å². The van der Waals surface area contributed by atoms with E-state index in [1.54, 1.807) is 0 Å². The summed E-state index contributed by atoms with van der Waals surface area (Å²) in [6.07, 6.45) is 15.1. The lowest BCUT2D eigenvalue weighted by molar-refractivity contribution is 0.303. The molecule has 0 aromatic heterocycles. The van der Waals surface area contributed by atoms with Crippen molar-refractivity contribution in [1.82, 2.24) is 0 Å². The molecular formula is C22H36O. The molecule has 0 bridgehead atoms. The lowest BCUT2D eigenvalue weighted by atomic mass is 10.1. The molecule has 130 valence electrons. The molecule has 1 heteroatoms. The zero-order valence-electron chi connectivity index (χ0n) is 15.4. The molecule has 0 spiro atoms. The van der Waals surface area contributed by atoms with Gasteiger partial charge in [0, 0.05) is 5.56 Å². The first kappa shape index (κ1) is 19.8. The molecule has 1 rings (SSSR count). The molecule has 0 fully saturated rings. The van der Waals surface area contributed by atoms with Crippen LogP contribution in [-0.4, -0.2) is 6.61 Å². The van der Waals surface area contributed by atoms with Crippen LogP contribution in [0, 0.1) is 0 Å². The van der Waals surface area contributed by atoms with E-state index in [2.05, 4.69) is 19.6 Å². The summed E-state index contributed by atoms with van der Waals surface area (Å²) < 4.78 is 5.92. The predicted octanol–water partition coefficient (Wildman–Crippen LogP) is 7.41. The number of hydrogen-bond donors (Lipinski definition) is 0. The Hall–Kier alpha value is -1.24. The Balaban J connectivity index is 1.97. The summed E-state index contributed by atoms with van der Waals surface area (Å²) in [6.45, 7) is 9.15. The summed E-state index contributed by atoms with van der Waals surface area (Å²) in [5, 5.41) is 0. The first-order valence-corrected chi connectivity index (χ1v) is 9.63. The first-order chi connectivity index (χ1) is 11.3. The SMILES string of the molecule is C=C(C)c1ccccc1OCCCCCCCCCCCCC. The molecule has 0 aliphatic carbocycles. The zero-order chi connectivity index (χ0) is 16.8. The molecular weight excluding hydrogens is 280 g/mol. The highest BCUT2D eigenvalue weighted by Crippen LogP contribution is 2.24. The second-order valence-corrected chi connectivity index (χ2v) is 6.66. The summed E-state index contributed by atoms with van der Waals surface area (Å²) in [6, 6.07) is 8.20. The van der Waals surface area contributed by atoms with Crippen LogP contribution >= 0.6 is 0 Å². The van der Waals surface area contributed by atoms with E-state index >= 15 is 0 Å². The van der Waals surface area contributed by atoms with Crippen LogP contribution in [0.1, 0.15) is 90.0 Å². The average Bonchev–Trinajstić information content (AvgIpc) is 2.56. The molecule has 0 N–H and O–H groups in total. The molecule has 0 amide bonds. The van der Waals surface area contributed by atoms with Crippen molar-refractivity contribution in [3.63, 3.8) is 0 Å². The van der Waals surface area contributed by atoms with Gasteiger partial charge in [-0.25, -0.2) is 0 Å². The topological polar surface area (TPSA) is 9.23 Å². The van der Waals surface area contributed by atoms with Crippen molar-refractivity contribution in [1.29, 1.82) is 0 Å². The van der Waals surface area contributed by atoms with E-state index < -0.39 is 0 Å². The number of ether oxygens (including phenoxy) is 1. The van der Waals surface area contributed by atoms with Crippen LogP contribution in [0.5, 0.6) is 5.75 Å². The Bertz CT molecular complexity index is 422. The second kappa shape index (κ2) is 13.2. The van der Waals surface area contributed by atoms with Gasteiger partial charge in [-0.05, 0) is 25.0 Å². The van der Waals surface area contributed by atoms with Crippen molar-refractivity contribution in [3.05, 3.63) is 36.4 Å². The highest BCUT2D eigenvalue weighted by atomic mass is 16.5. The summed E-state index contributed by atoms with van der Waals surface area (Å²) in [5.41, 5.74) is 2.20. The lowest BCUT2D eigenvalue weighted by Crippen LogP contribution is -1.99. The van der Waals surface area contributed by atoms with Crippen LogP contribution in [0.2, 0.25) is 0 Å². The summed E-state index contributed by atoms with van der Waals surface area (Å²) in [5.74, 6) is 0.979. The van der Waals surface area contributed by atoms with Gasteiger partial charge in [-0.2, -0.15) is 0 Å². The van der Waals surface area contributed by atoms with Gasteiger partial charge in [0.05, 0.1) is 6.61 Å². The van der Waals surface area contributed by atoms with Crippen LogP contribution < -0.4 is 4.74 Å². The monoisotopic (exact) mass is 316 g/mol. The maximum Gasteiger partial charge on any atom is 0.126 e. The third-order valence-electron chi connectivity index (χ3n) is 4.35. The molecule has 1 aromatic rings. The van der Waals surface area contributed by atoms with E-state index in [0.717, 1.165) is 29.9 Å². The maximum absolute atomic E-state index is 5.92. The molecule has 1 aromatic carbocycles. The van der Waals surface area contributed by atoms with E-state index in [1.165, 1.54) is 64.2 Å². The van der Waals surface area contributed by atoms with E-state index in [1.807, 2.05) is 25.1 Å². The Morgan fingerprint density at radius 1 is 0.826 bits per heavy atom. The fourth-order valence-electron chi connectivity index (χ4n) is 2.89. The summed E-state index contributed by atoms with van der Waals surface area (Å²) >= 11 is 0. The van der Waals surface area contributed by atoms with Gasteiger partial charge in [0.2, 0.25) is 0 Å². The maximum atomic E-state index is 5.92. The molecule has 0 unspecified atom stereocenters. The van der Waals surface area contributed by atoms with Crippen molar-refractivity contribution < 1.29 is 4.74 Å². The molecule has 0 atom stereocenters. The Kier molecular flexibility index (Phi) is 11.4. The number of benzene rings is 1. The van der Waals surface area contributed by atoms with Crippen LogP contribution in [0.4, 0.5) is 0 Å². The molecule has 0 saturated heterocycles. The minimum atomic E-state index is 0.821. The third kappa shape index (κ3) is 9.48. The molecule has 1 nitrogen and oxygen atoms in total.